The van der Waals surface area contributed by atoms with Crippen LogP contribution < -0.4 is 5.32 Å². The molecule has 0 aliphatic carbocycles. The molecule has 0 atom stereocenters. The Balaban J connectivity index is 1.67. The number of halogens is 1. The van der Waals surface area contributed by atoms with Crippen LogP contribution in [0.4, 0.5) is 15.8 Å². The lowest BCUT2D eigenvalue weighted by Crippen LogP contribution is -2.12. The molecular formula is C17H13FN4O3. The van der Waals surface area contributed by atoms with Crippen molar-refractivity contribution in [1.82, 2.24) is 9.55 Å². The molecule has 1 heterocycles. The summed E-state index contributed by atoms with van der Waals surface area (Å²) in [5.41, 5.74) is 1.38. The van der Waals surface area contributed by atoms with E-state index in [9.17, 15) is 19.3 Å². The van der Waals surface area contributed by atoms with Crippen LogP contribution in [0.25, 0.3) is 0 Å². The first kappa shape index (κ1) is 16.3. The lowest BCUT2D eigenvalue weighted by Gasteiger charge is -2.03. The summed E-state index contributed by atoms with van der Waals surface area (Å²) in [7, 11) is 0. The first-order valence-electron chi connectivity index (χ1n) is 7.33. The summed E-state index contributed by atoms with van der Waals surface area (Å²) in [6, 6.07) is 11.7. The van der Waals surface area contributed by atoms with Crippen LogP contribution in [0, 0.1) is 15.9 Å². The average molecular weight is 340 g/mol. The van der Waals surface area contributed by atoms with E-state index in [2.05, 4.69) is 10.3 Å². The molecule has 8 heteroatoms. The standard InChI is InChI=1S/C17H13FN4O3/c18-13-2-1-3-14(8-13)20-17(23)16-10-21(11-19-16)9-12-4-6-15(7-5-12)22(24)25/h1-8,10-11H,9H2,(H,20,23). The topological polar surface area (TPSA) is 90.1 Å². The van der Waals surface area contributed by atoms with E-state index < -0.39 is 16.6 Å². The van der Waals surface area contributed by atoms with Crippen molar-refractivity contribution >= 4 is 17.3 Å². The van der Waals surface area contributed by atoms with Crippen molar-refractivity contribution < 1.29 is 14.1 Å². The molecule has 0 spiro atoms. The van der Waals surface area contributed by atoms with Gasteiger partial charge in [-0.25, -0.2) is 9.37 Å². The Bertz CT molecular complexity index is 922. The molecule has 0 fully saturated rings. The van der Waals surface area contributed by atoms with Gasteiger partial charge in [-0.15, -0.1) is 0 Å². The van der Waals surface area contributed by atoms with Gasteiger partial charge in [0.2, 0.25) is 0 Å². The molecule has 0 saturated carbocycles. The van der Waals surface area contributed by atoms with Gasteiger partial charge in [-0.2, -0.15) is 0 Å². The summed E-state index contributed by atoms with van der Waals surface area (Å²) in [6.07, 6.45) is 3.04. The molecule has 7 nitrogen and oxygen atoms in total. The van der Waals surface area contributed by atoms with Crippen LogP contribution in [-0.4, -0.2) is 20.4 Å². The number of nitrogens with zero attached hydrogens (tertiary/aromatic N) is 3. The minimum absolute atomic E-state index is 0.0181. The fraction of sp³-hybridized carbons (Fsp3) is 0.0588. The van der Waals surface area contributed by atoms with Crippen LogP contribution in [0.15, 0.2) is 61.1 Å². The molecule has 0 bridgehead atoms. The third-order valence-electron chi connectivity index (χ3n) is 3.46. The number of carbonyl (C=O) groups excluding carboxylic acids is 1. The fourth-order valence-corrected chi connectivity index (χ4v) is 2.26. The van der Waals surface area contributed by atoms with Gasteiger partial charge in [0.15, 0.2) is 0 Å². The molecule has 3 aromatic rings. The summed E-state index contributed by atoms with van der Waals surface area (Å²) >= 11 is 0. The molecule has 0 aliphatic rings. The summed E-state index contributed by atoms with van der Waals surface area (Å²) < 4.78 is 14.8. The number of aromatic nitrogens is 2. The highest BCUT2D eigenvalue weighted by atomic mass is 19.1. The highest BCUT2D eigenvalue weighted by Crippen LogP contribution is 2.14. The van der Waals surface area contributed by atoms with E-state index in [1.165, 1.54) is 36.7 Å². The number of benzene rings is 2. The minimum Gasteiger partial charge on any atom is -0.332 e. The SMILES string of the molecule is O=C(Nc1cccc(F)c1)c1cn(Cc2ccc([N+](=O)[O-])cc2)cn1. The Labute approximate surface area is 141 Å². The quantitative estimate of drug-likeness (QED) is 0.570. The van der Waals surface area contributed by atoms with Crippen molar-refractivity contribution in [3.63, 3.8) is 0 Å². The second-order valence-electron chi connectivity index (χ2n) is 5.32. The van der Waals surface area contributed by atoms with Gasteiger partial charge < -0.3 is 9.88 Å². The van der Waals surface area contributed by atoms with E-state index in [1.54, 1.807) is 29.0 Å². The first-order chi connectivity index (χ1) is 12.0. The van der Waals surface area contributed by atoms with Gasteiger partial charge in [-0.05, 0) is 23.8 Å². The van der Waals surface area contributed by atoms with Crippen LogP contribution in [0.5, 0.6) is 0 Å². The Hall–Kier alpha value is -3.55. The molecule has 0 aliphatic heterocycles. The van der Waals surface area contributed by atoms with Gasteiger partial charge in [0.1, 0.15) is 11.5 Å². The number of hydrogen-bond donors (Lipinski definition) is 1. The molecule has 0 radical (unpaired) electrons. The van der Waals surface area contributed by atoms with Gasteiger partial charge in [0.05, 0.1) is 11.3 Å². The van der Waals surface area contributed by atoms with Gasteiger partial charge in [0, 0.05) is 30.6 Å². The lowest BCUT2D eigenvalue weighted by molar-refractivity contribution is -0.384. The molecule has 2 aromatic carbocycles. The number of nitro benzene ring substituents is 1. The van der Waals surface area contributed by atoms with Gasteiger partial charge in [0.25, 0.3) is 11.6 Å². The second kappa shape index (κ2) is 6.91. The first-order valence-corrected chi connectivity index (χ1v) is 7.33. The van der Waals surface area contributed by atoms with Crippen molar-refractivity contribution in [3.8, 4) is 0 Å². The molecule has 1 aromatic heterocycles. The lowest BCUT2D eigenvalue weighted by atomic mass is 10.2. The zero-order chi connectivity index (χ0) is 17.8. The van der Waals surface area contributed by atoms with Crippen molar-refractivity contribution in [2.24, 2.45) is 0 Å². The molecule has 126 valence electrons. The normalized spacial score (nSPS) is 10.4. The maximum Gasteiger partial charge on any atom is 0.275 e. The molecule has 25 heavy (non-hydrogen) atoms. The van der Waals surface area contributed by atoms with E-state index in [4.69, 9.17) is 0 Å². The van der Waals surface area contributed by atoms with E-state index in [1.807, 2.05) is 0 Å². The number of amides is 1. The predicted molar refractivity (Wildman–Crippen MR) is 88.8 cm³/mol. The summed E-state index contributed by atoms with van der Waals surface area (Å²) in [6.45, 7) is 0.415. The van der Waals surface area contributed by atoms with Crippen LogP contribution in [0.1, 0.15) is 16.1 Å². The third-order valence-corrected chi connectivity index (χ3v) is 3.46. The number of non-ortho nitro benzene ring substituents is 1. The Morgan fingerprint density at radius 3 is 2.68 bits per heavy atom. The molecule has 0 unspecified atom stereocenters. The third kappa shape index (κ3) is 4.05. The summed E-state index contributed by atoms with van der Waals surface area (Å²) in [4.78, 5) is 26.3. The number of hydrogen-bond acceptors (Lipinski definition) is 4. The Morgan fingerprint density at radius 1 is 1.24 bits per heavy atom. The predicted octanol–water partition coefficient (Wildman–Crippen LogP) is 3.23. The zero-order valence-electron chi connectivity index (χ0n) is 12.9. The number of anilines is 1. The van der Waals surface area contributed by atoms with Gasteiger partial charge in [-0.3, -0.25) is 14.9 Å². The second-order valence-corrected chi connectivity index (χ2v) is 5.32. The number of rotatable bonds is 5. The monoisotopic (exact) mass is 340 g/mol. The Morgan fingerprint density at radius 2 is 2.00 bits per heavy atom. The van der Waals surface area contributed by atoms with Crippen molar-refractivity contribution in [3.05, 3.63) is 88.2 Å². The fourth-order valence-electron chi connectivity index (χ4n) is 2.26. The van der Waals surface area contributed by atoms with Crippen molar-refractivity contribution in [1.29, 1.82) is 0 Å². The van der Waals surface area contributed by atoms with Crippen LogP contribution in [0.3, 0.4) is 0 Å². The maximum absolute atomic E-state index is 13.1. The average Bonchev–Trinajstić information content (AvgIpc) is 3.04. The Kier molecular flexibility index (Phi) is 4.51. The van der Waals surface area contributed by atoms with E-state index >= 15 is 0 Å². The minimum atomic E-state index is -0.462. The highest BCUT2D eigenvalue weighted by Gasteiger charge is 2.11. The highest BCUT2D eigenvalue weighted by molar-refractivity contribution is 6.02. The molecular weight excluding hydrogens is 327 g/mol. The molecule has 1 N–H and O–H groups in total. The number of nitrogens with one attached hydrogen (secondary N) is 1. The molecule has 0 saturated heterocycles. The van der Waals surface area contributed by atoms with Crippen LogP contribution >= 0.6 is 0 Å². The van der Waals surface area contributed by atoms with Gasteiger partial charge in [-0.1, -0.05) is 18.2 Å². The largest absolute Gasteiger partial charge is 0.332 e. The van der Waals surface area contributed by atoms with Gasteiger partial charge >= 0.3 is 0 Å². The smallest absolute Gasteiger partial charge is 0.275 e. The van der Waals surface area contributed by atoms with Crippen LogP contribution in [0.2, 0.25) is 0 Å². The van der Waals surface area contributed by atoms with E-state index in [-0.39, 0.29) is 11.4 Å². The summed E-state index contributed by atoms with van der Waals surface area (Å²) in [5, 5.41) is 13.2. The summed E-state index contributed by atoms with van der Waals surface area (Å²) in [5.74, 6) is -0.894. The molecule has 1 amide bonds. The number of carbonyl (C=O) groups is 1. The van der Waals surface area contributed by atoms with Crippen molar-refractivity contribution in [2.45, 2.75) is 6.54 Å². The zero-order valence-corrected chi connectivity index (χ0v) is 12.9. The van der Waals surface area contributed by atoms with Crippen LogP contribution in [-0.2, 0) is 6.54 Å². The molecule has 3 rings (SSSR count). The van der Waals surface area contributed by atoms with E-state index in [0.717, 1.165) is 5.56 Å². The van der Waals surface area contributed by atoms with Crippen molar-refractivity contribution in [2.75, 3.05) is 5.32 Å². The van der Waals surface area contributed by atoms with E-state index in [0.29, 0.717) is 12.2 Å². The number of imidazole rings is 1. The number of nitro groups is 1. The maximum atomic E-state index is 13.1.